The van der Waals surface area contributed by atoms with Gasteiger partial charge in [-0.2, -0.15) is 17.6 Å². The maximum absolute atomic E-state index is 14.0. The van der Waals surface area contributed by atoms with E-state index in [0.29, 0.717) is 5.92 Å². The highest BCUT2D eigenvalue weighted by molar-refractivity contribution is 5.44. The van der Waals surface area contributed by atoms with Gasteiger partial charge in [0.25, 0.3) is 0 Å². The standard InChI is InChI=1S/C20H28F4/c1-13(2)9-10-15(5)16(6)11-12-17(7)18(8)20(23,24)19(21,22)14(3)4/h11-13,15H,3,6-10H2,1-2,4-5H3/b12-11-. The van der Waals surface area contributed by atoms with Gasteiger partial charge in [-0.25, -0.2) is 0 Å². The Bertz CT molecular complexity index is 536. The first-order valence-electron chi connectivity index (χ1n) is 7.92. The second-order valence-electron chi connectivity index (χ2n) is 6.71. The fourth-order valence-electron chi connectivity index (χ4n) is 1.90. The largest absolute Gasteiger partial charge is 0.339 e. The lowest BCUT2D eigenvalue weighted by molar-refractivity contribution is -0.159. The van der Waals surface area contributed by atoms with Crippen LogP contribution in [0, 0.1) is 11.8 Å². The van der Waals surface area contributed by atoms with E-state index in [-0.39, 0.29) is 11.5 Å². The molecule has 24 heavy (non-hydrogen) atoms. The highest BCUT2D eigenvalue weighted by atomic mass is 19.3. The van der Waals surface area contributed by atoms with Crippen LogP contribution < -0.4 is 0 Å². The van der Waals surface area contributed by atoms with Crippen molar-refractivity contribution in [1.82, 2.24) is 0 Å². The van der Waals surface area contributed by atoms with Gasteiger partial charge in [0.2, 0.25) is 0 Å². The Balaban J connectivity index is 5.02. The lowest BCUT2D eigenvalue weighted by Crippen LogP contribution is -2.42. The van der Waals surface area contributed by atoms with Gasteiger partial charge in [-0.3, -0.25) is 0 Å². The molecule has 136 valence electrons. The lowest BCUT2D eigenvalue weighted by atomic mass is 9.91. The average Bonchev–Trinajstić information content (AvgIpc) is 2.48. The summed E-state index contributed by atoms with van der Waals surface area (Å²) in [4.78, 5) is 0. The maximum Gasteiger partial charge on any atom is 0.339 e. The molecule has 0 aromatic carbocycles. The monoisotopic (exact) mass is 344 g/mol. The molecule has 0 aliphatic rings. The zero-order valence-electron chi connectivity index (χ0n) is 15.1. The zero-order valence-corrected chi connectivity index (χ0v) is 15.1. The molecule has 0 rings (SSSR count). The summed E-state index contributed by atoms with van der Waals surface area (Å²) >= 11 is 0. The number of rotatable bonds is 10. The summed E-state index contributed by atoms with van der Waals surface area (Å²) in [5.74, 6) is -8.09. The third-order valence-corrected chi connectivity index (χ3v) is 4.01. The van der Waals surface area contributed by atoms with Crippen LogP contribution in [-0.2, 0) is 0 Å². The third kappa shape index (κ3) is 5.50. The van der Waals surface area contributed by atoms with Crippen molar-refractivity contribution in [2.75, 3.05) is 0 Å². The smallest absolute Gasteiger partial charge is 0.194 e. The van der Waals surface area contributed by atoms with Crippen LogP contribution in [0.3, 0.4) is 0 Å². The van der Waals surface area contributed by atoms with E-state index in [1.54, 1.807) is 0 Å². The van der Waals surface area contributed by atoms with Crippen molar-refractivity contribution in [1.29, 1.82) is 0 Å². The summed E-state index contributed by atoms with van der Waals surface area (Å²) in [6, 6.07) is 0. The maximum atomic E-state index is 14.0. The van der Waals surface area contributed by atoms with Crippen molar-refractivity contribution in [2.24, 2.45) is 11.8 Å². The molecule has 0 aromatic heterocycles. The van der Waals surface area contributed by atoms with Crippen LogP contribution in [0.25, 0.3) is 0 Å². The van der Waals surface area contributed by atoms with E-state index < -0.39 is 23.0 Å². The van der Waals surface area contributed by atoms with Crippen molar-refractivity contribution >= 4 is 0 Å². The molecule has 0 fully saturated rings. The van der Waals surface area contributed by atoms with Crippen molar-refractivity contribution < 1.29 is 17.6 Å². The van der Waals surface area contributed by atoms with Crippen LogP contribution in [0.1, 0.15) is 40.5 Å². The predicted octanol–water partition coefficient (Wildman–Crippen LogP) is 7.13. The van der Waals surface area contributed by atoms with Crippen LogP contribution >= 0.6 is 0 Å². The molecule has 0 saturated carbocycles. The SMILES string of the molecule is C=C(/C=C\C(=C)C(C)CCC(C)C)C(=C)C(F)(F)C(F)(F)C(=C)C. The van der Waals surface area contributed by atoms with Gasteiger partial charge >= 0.3 is 11.8 Å². The van der Waals surface area contributed by atoms with Gasteiger partial charge in [0.05, 0.1) is 0 Å². The number of hydrogen-bond acceptors (Lipinski definition) is 0. The molecular formula is C20H28F4. The minimum atomic E-state index is -4.44. The summed E-state index contributed by atoms with van der Waals surface area (Å²) in [6.45, 7) is 20.4. The van der Waals surface area contributed by atoms with E-state index in [1.165, 1.54) is 12.2 Å². The molecule has 0 aliphatic carbocycles. The fraction of sp³-hybridized carbons (Fsp3) is 0.500. The number of halogens is 4. The topological polar surface area (TPSA) is 0 Å². The molecule has 0 spiro atoms. The van der Waals surface area contributed by atoms with E-state index in [0.717, 1.165) is 25.3 Å². The van der Waals surface area contributed by atoms with E-state index in [9.17, 15) is 17.6 Å². The van der Waals surface area contributed by atoms with E-state index in [4.69, 9.17) is 0 Å². The quantitative estimate of drug-likeness (QED) is 0.225. The Kier molecular flexibility index (Phi) is 7.94. The van der Waals surface area contributed by atoms with Crippen molar-refractivity contribution in [3.05, 3.63) is 60.8 Å². The second kappa shape index (κ2) is 8.50. The summed E-state index contributed by atoms with van der Waals surface area (Å²) in [5.41, 5.74) is -1.45. The normalized spacial score (nSPS) is 14.0. The lowest BCUT2D eigenvalue weighted by Gasteiger charge is -2.28. The van der Waals surface area contributed by atoms with E-state index >= 15 is 0 Å². The van der Waals surface area contributed by atoms with Gasteiger partial charge in [-0.1, -0.05) is 71.2 Å². The molecule has 0 saturated heterocycles. The number of hydrogen-bond donors (Lipinski definition) is 0. The molecule has 0 N–H and O–H groups in total. The molecule has 1 atom stereocenters. The number of alkyl halides is 4. The Labute approximate surface area is 143 Å². The van der Waals surface area contributed by atoms with Crippen LogP contribution in [0.4, 0.5) is 17.6 Å². The molecule has 1 unspecified atom stereocenters. The Morgan fingerprint density at radius 2 is 1.38 bits per heavy atom. The summed E-state index contributed by atoms with van der Waals surface area (Å²) < 4.78 is 55.2. The summed E-state index contributed by atoms with van der Waals surface area (Å²) in [6.07, 6.45) is 4.73. The van der Waals surface area contributed by atoms with Crippen molar-refractivity contribution in [3.63, 3.8) is 0 Å². The minimum absolute atomic E-state index is 0.169. The summed E-state index contributed by atoms with van der Waals surface area (Å²) in [5, 5.41) is 0. The van der Waals surface area contributed by atoms with Crippen LogP contribution in [0.15, 0.2) is 60.8 Å². The molecule has 0 aliphatic heterocycles. The molecule has 4 heteroatoms. The van der Waals surface area contributed by atoms with Gasteiger partial charge in [0.15, 0.2) is 0 Å². The van der Waals surface area contributed by atoms with Gasteiger partial charge in [0.1, 0.15) is 0 Å². The van der Waals surface area contributed by atoms with Crippen molar-refractivity contribution in [2.45, 2.75) is 52.4 Å². The molecule has 0 nitrogen and oxygen atoms in total. The van der Waals surface area contributed by atoms with Gasteiger partial charge in [0, 0.05) is 5.57 Å². The molecule has 0 aromatic rings. The highest BCUT2D eigenvalue weighted by Crippen LogP contribution is 2.45. The van der Waals surface area contributed by atoms with Gasteiger partial charge in [-0.15, -0.1) is 0 Å². The fourth-order valence-corrected chi connectivity index (χ4v) is 1.90. The van der Waals surface area contributed by atoms with E-state index in [2.05, 4.69) is 40.2 Å². The average molecular weight is 344 g/mol. The van der Waals surface area contributed by atoms with Crippen LogP contribution in [-0.4, -0.2) is 11.8 Å². The first kappa shape index (κ1) is 22.4. The molecule has 0 radical (unpaired) electrons. The Morgan fingerprint density at radius 1 is 0.875 bits per heavy atom. The van der Waals surface area contributed by atoms with E-state index in [1.807, 2.05) is 6.92 Å². The molecule has 0 amide bonds. The minimum Gasteiger partial charge on any atom is -0.194 e. The first-order chi connectivity index (χ1) is 10.7. The second-order valence-corrected chi connectivity index (χ2v) is 6.71. The third-order valence-electron chi connectivity index (χ3n) is 4.01. The number of allylic oxidation sites excluding steroid dienone is 6. The van der Waals surface area contributed by atoms with Gasteiger partial charge in [-0.05, 0) is 36.3 Å². The predicted molar refractivity (Wildman–Crippen MR) is 94.5 cm³/mol. The van der Waals surface area contributed by atoms with Crippen LogP contribution in [0.5, 0.6) is 0 Å². The first-order valence-corrected chi connectivity index (χ1v) is 7.92. The van der Waals surface area contributed by atoms with Crippen LogP contribution in [0.2, 0.25) is 0 Å². The molecule has 0 bridgehead atoms. The molecular weight excluding hydrogens is 316 g/mol. The summed E-state index contributed by atoms with van der Waals surface area (Å²) in [7, 11) is 0. The Morgan fingerprint density at radius 3 is 1.79 bits per heavy atom. The Hall–Kier alpha value is -1.58. The molecule has 0 heterocycles. The highest BCUT2D eigenvalue weighted by Gasteiger charge is 2.58. The van der Waals surface area contributed by atoms with Gasteiger partial charge < -0.3 is 0 Å². The van der Waals surface area contributed by atoms with Crippen molar-refractivity contribution in [3.8, 4) is 0 Å². The zero-order chi connectivity index (χ0) is 19.3.